The number of pyridine rings is 1. The second kappa shape index (κ2) is 7.93. The van der Waals surface area contributed by atoms with Crippen LogP contribution in [0.2, 0.25) is 0 Å². The highest BCUT2D eigenvalue weighted by molar-refractivity contribution is 5.53. The zero-order valence-electron chi connectivity index (χ0n) is 11.6. The van der Waals surface area contributed by atoms with Gasteiger partial charge >= 0.3 is 0 Å². The summed E-state index contributed by atoms with van der Waals surface area (Å²) in [6.45, 7) is 7.86. The van der Waals surface area contributed by atoms with E-state index in [0.29, 0.717) is 12.5 Å². The normalized spacial score (nSPS) is 12.5. The van der Waals surface area contributed by atoms with Gasteiger partial charge in [-0.15, -0.1) is 0 Å². The van der Waals surface area contributed by atoms with Gasteiger partial charge in [0.25, 0.3) is 0 Å². The highest BCUT2D eigenvalue weighted by Crippen LogP contribution is 2.13. The van der Waals surface area contributed by atoms with E-state index in [1.165, 1.54) is 0 Å². The SMILES string of the molecule is CCCNc1cncc(NCC(O)CC(C)C)c1. The second-order valence-corrected chi connectivity index (χ2v) is 5.05. The number of nitrogens with one attached hydrogen (secondary N) is 2. The van der Waals surface area contributed by atoms with Gasteiger partial charge in [-0.2, -0.15) is 0 Å². The van der Waals surface area contributed by atoms with E-state index < -0.39 is 0 Å². The summed E-state index contributed by atoms with van der Waals surface area (Å²) < 4.78 is 0. The van der Waals surface area contributed by atoms with Crippen molar-refractivity contribution in [2.75, 3.05) is 23.7 Å². The smallest absolute Gasteiger partial charge is 0.0715 e. The average Bonchev–Trinajstić information content (AvgIpc) is 2.33. The summed E-state index contributed by atoms with van der Waals surface area (Å²) >= 11 is 0. The number of hydrogen-bond donors (Lipinski definition) is 3. The van der Waals surface area contributed by atoms with Gasteiger partial charge < -0.3 is 15.7 Å². The molecule has 1 unspecified atom stereocenters. The van der Waals surface area contributed by atoms with Crippen molar-refractivity contribution in [2.24, 2.45) is 5.92 Å². The molecule has 0 fully saturated rings. The summed E-state index contributed by atoms with van der Waals surface area (Å²) in [4.78, 5) is 4.17. The maximum absolute atomic E-state index is 9.79. The van der Waals surface area contributed by atoms with Crippen LogP contribution in [0.25, 0.3) is 0 Å². The van der Waals surface area contributed by atoms with Gasteiger partial charge in [0.05, 0.1) is 29.9 Å². The monoisotopic (exact) mass is 251 g/mol. The quantitative estimate of drug-likeness (QED) is 0.665. The van der Waals surface area contributed by atoms with E-state index in [9.17, 15) is 5.11 Å². The summed E-state index contributed by atoms with van der Waals surface area (Å²) in [7, 11) is 0. The molecule has 0 aliphatic rings. The van der Waals surface area contributed by atoms with Crippen molar-refractivity contribution in [1.29, 1.82) is 0 Å². The second-order valence-electron chi connectivity index (χ2n) is 5.05. The van der Waals surface area contributed by atoms with Crippen molar-refractivity contribution >= 4 is 11.4 Å². The van der Waals surface area contributed by atoms with Crippen LogP contribution in [0.3, 0.4) is 0 Å². The fraction of sp³-hybridized carbons (Fsp3) is 0.643. The fourth-order valence-corrected chi connectivity index (χ4v) is 1.77. The molecule has 102 valence electrons. The van der Waals surface area contributed by atoms with Gasteiger partial charge in [0.1, 0.15) is 0 Å². The maximum Gasteiger partial charge on any atom is 0.0715 e. The largest absolute Gasteiger partial charge is 0.391 e. The van der Waals surface area contributed by atoms with Crippen LogP contribution in [0.1, 0.15) is 33.6 Å². The van der Waals surface area contributed by atoms with Gasteiger partial charge in [-0.3, -0.25) is 4.98 Å². The fourth-order valence-electron chi connectivity index (χ4n) is 1.77. The lowest BCUT2D eigenvalue weighted by Crippen LogP contribution is -2.21. The van der Waals surface area contributed by atoms with Crippen LogP contribution in [0.4, 0.5) is 11.4 Å². The molecule has 4 nitrogen and oxygen atoms in total. The number of aromatic nitrogens is 1. The number of nitrogens with zero attached hydrogens (tertiary/aromatic N) is 1. The van der Waals surface area contributed by atoms with E-state index in [4.69, 9.17) is 0 Å². The van der Waals surface area contributed by atoms with Gasteiger partial charge in [0.15, 0.2) is 0 Å². The third kappa shape index (κ3) is 5.87. The molecule has 0 aliphatic carbocycles. The minimum Gasteiger partial charge on any atom is -0.391 e. The number of rotatable bonds is 8. The van der Waals surface area contributed by atoms with Crippen molar-refractivity contribution < 1.29 is 5.11 Å². The maximum atomic E-state index is 9.79. The van der Waals surface area contributed by atoms with Crippen molar-refractivity contribution in [3.63, 3.8) is 0 Å². The van der Waals surface area contributed by atoms with Crippen LogP contribution in [-0.2, 0) is 0 Å². The first-order chi connectivity index (χ1) is 8.61. The molecule has 1 rings (SSSR count). The summed E-state index contributed by atoms with van der Waals surface area (Å²) in [5.41, 5.74) is 1.96. The first-order valence-electron chi connectivity index (χ1n) is 6.72. The van der Waals surface area contributed by atoms with Gasteiger partial charge in [-0.05, 0) is 24.8 Å². The number of hydrogen-bond acceptors (Lipinski definition) is 4. The molecular weight excluding hydrogens is 226 g/mol. The topological polar surface area (TPSA) is 57.2 Å². The molecule has 1 atom stereocenters. The molecule has 18 heavy (non-hydrogen) atoms. The number of aliphatic hydroxyl groups excluding tert-OH is 1. The average molecular weight is 251 g/mol. The predicted octanol–water partition coefficient (Wildman–Crippen LogP) is 2.72. The molecule has 0 radical (unpaired) electrons. The lowest BCUT2D eigenvalue weighted by Gasteiger charge is -2.15. The molecule has 0 aliphatic heterocycles. The summed E-state index contributed by atoms with van der Waals surface area (Å²) in [5, 5.41) is 16.3. The standard InChI is InChI=1S/C14H25N3O/c1-4-5-16-12-7-13(9-15-8-12)17-10-14(18)6-11(2)3/h7-9,11,14,16-18H,4-6,10H2,1-3H3. The molecule has 1 aromatic rings. The molecule has 0 saturated heterocycles. The van der Waals surface area contributed by atoms with Gasteiger partial charge in [-0.1, -0.05) is 20.8 Å². The van der Waals surface area contributed by atoms with E-state index in [-0.39, 0.29) is 6.10 Å². The zero-order valence-corrected chi connectivity index (χ0v) is 11.6. The molecule has 0 bridgehead atoms. The van der Waals surface area contributed by atoms with Crippen LogP contribution in [-0.4, -0.2) is 29.3 Å². The van der Waals surface area contributed by atoms with Crippen molar-refractivity contribution in [3.8, 4) is 0 Å². The Hall–Kier alpha value is -1.29. The number of aliphatic hydroxyl groups is 1. The van der Waals surface area contributed by atoms with E-state index in [1.54, 1.807) is 6.20 Å². The minimum absolute atomic E-state index is 0.308. The molecule has 1 heterocycles. The van der Waals surface area contributed by atoms with Crippen LogP contribution < -0.4 is 10.6 Å². The van der Waals surface area contributed by atoms with Crippen LogP contribution >= 0.6 is 0 Å². The first kappa shape index (κ1) is 14.8. The van der Waals surface area contributed by atoms with Gasteiger partial charge in [0, 0.05) is 13.1 Å². The predicted molar refractivity (Wildman–Crippen MR) is 77.0 cm³/mol. The van der Waals surface area contributed by atoms with Crippen molar-refractivity contribution in [3.05, 3.63) is 18.5 Å². The summed E-state index contributed by atoms with van der Waals surface area (Å²) in [6.07, 6.45) is 5.18. The minimum atomic E-state index is -0.308. The molecule has 1 aromatic heterocycles. The number of anilines is 2. The molecular formula is C14H25N3O. The Morgan fingerprint density at radius 2 is 1.89 bits per heavy atom. The Kier molecular flexibility index (Phi) is 6.50. The Morgan fingerprint density at radius 1 is 1.22 bits per heavy atom. The Labute approximate surface area is 110 Å². The van der Waals surface area contributed by atoms with Crippen molar-refractivity contribution in [2.45, 2.75) is 39.7 Å². The van der Waals surface area contributed by atoms with Gasteiger partial charge in [0.2, 0.25) is 0 Å². The third-order valence-electron chi connectivity index (χ3n) is 2.60. The molecule has 3 N–H and O–H groups in total. The Balaban J connectivity index is 2.41. The zero-order chi connectivity index (χ0) is 13.4. The molecule has 0 aromatic carbocycles. The van der Waals surface area contributed by atoms with Crippen LogP contribution in [0.15, 0.2) is 18.5 Å². The third-order valence-corrected chi connectivity index (χ3v) is 2.60. The van der Waals surface area contributed by atoms with E-state index in [1.807, 2.05) is 12.3 Å². The molecule has 0 saturated carbocycles. The lowest BCUT2D eigenvalue weighted by molar-refractivity contribution is 0.161. The van der Waals surface area contributed by atoms with E-state index >= 15 is 0 Å². The molecule has 0 spiro atoms. The summed E-state index contributed by atoms with van der Waals surface area (Å²) in [6, 6.07) is 2.02. The molecule has 4 heteroatoms. The lowest BCUT2D eigenvalue weighted by atomic mass is 10.1. The van der Waals surface area contributed by atoms with Crippen molar-refractivity contribution in [1.82, 2.24) is 4.98 Å². The van der Waals surface area contributed by atoms with Gasteiger partial charge in [-0.25, -0.2) is 0 Å². The van der Waals surface area contributed by atoms with Crippen LogP contribution in [0.5, 0.6) is 0 Å². The highest BCUT2D eigenvalue weighted by atomic mass is 16.3. The first-order valence-corrected chi connectivity index (χ1v) is 6.72. The van der Waals surface area contributed by atoms with E-state index in [2.05, 4.69) is 36.4 Å². The Bertz CT molecular complexity index is 342. The van der Waals surface area contributed by atoms with Crippen LogP contribution in [0, 0.1) is 5.92 Å². The Morgan fingerprint density at radius 3 is 2.50 bits per heavy atom. The highest BCUT2D eigenvalue weighted by Gasteiger charge is 2.06. The van der Waals surface area contributed by atoms with E-state index in [0.717, 1.165) is 30.8 Å². The summed E-state index contributed by atoms with van der Waals surface area (Å²) in [5.74, 6) is 0.512. The molecule has 0 amide bonds.